The predicted octanol–water partition coefficient (Wildman–Crippen LogP) is 1.24. The molecule has 1 saturated heterocycles. The van der Waals surface area contributed by atoms with Crippen LogP contribution in [0.3, 0.4) is 0 Å². The summed E-state index contributed by atoms with van der Waals surface area (Å²) in [7, 11) is 0. The summed E-state index contributed by atoms with van der Waals surface area (Å²) >= 11 is 0. The van der Waals surface area contributed by atoms with Crippen LogP contribution in [0.4, 0.5) is 0 Å². The molecule has 0 aliphatic carbocycles. The van der Waals surface area contributed by atoms with E-state index in [-0.39, 0.29) is 17.4 Å². The summed E-state index contributed by atoms with van der Waals surface area (Å²) in [4.78, 5) is 19.1. The van der Waals surface area contributed by atoms with E-state index < -0.39 is 0 Å². The predicted molar refractivity (Wildman–Crippen MR) is 80.0 cm³/mol. The van der Waals surface area contributed by atoms with Crippen molar-refractivity contribution in [2.75, 3.05) is 13.1 Å². The summed E-state index contributed by atoms with van der Waals surface area (Å²) in [6.07, 6.45) is 4.25. The largest absolute Gasteiger partial charge is 0.338 e. The second-order valence-corrected chi connectivity index (χ2v) is 6.51. The van der Waals surface area contributed by atoms with Crippen molar-refractivity contribution in [3.05, 3.63) is 29.7 Å². The topological polar surface area (TPSA) is 76.5 Å². The van der Waals surface area contributed by atoms with Gasteiger partial charge in [-0.1, -0.05) is 13.8 Å². The van der Waals surface area contributed by atoms with Crippen molar-refractivity contribution in [3.63, 3.8) is 0 Å². The molecule has 2 aromatic rings. The highest BCUT2D eigenvalue weighted by molar-refractivity contribution is 5.99. The molecule has 2 aromatic heterocycles. The first-order chi connectivity index (χ1) is 9.88. The van der Waals surface area contributed by atoms with Gasteiger partial charge in [-0.05, 0) is 24.8 Å². The van der Waals surface area contributed by atoms with E-state index in [9.17, 15) is 4.79 Å². The van der Waals surface area contributed by atoms with Crippen LogP contribution >= 0.6 is 0 Å². The summed E-state index contributed by atoms with van der Waals surface area (Å²) in [5.74, 6) is -0.0110. The molecule has 0 aromatic carbocycles. The average molecular weight is 287 g/mol. The molecule has 1 fully saturated rings. The second kappa shape index (κ2) is 4.80. The average Bonchev–Trinajstić information content (AvgIpc) is 2.84. The number of nitrogens with two attached hydrogens (primary N) is 1. The van der Waals surface area contributed by atoms with E-state index in [2.05, 4.69) is 23.9 Å². The van der Waals surface area contributed by atoms with Crippen molar-refractivity contribution in [1.29, 1.82) is 0 Å². The van der Waals surface area contributed by atoms with Crippen LogP contribution in [-0.2, 0) is 0 Å². The Morgan fingerprint density at radius 1 is 1.48 bits per heavy atom. The Hall–Kier alpha value is -1.95. The van der Waals surface area contributed by atoms with Gasteiger partial charge in [0.2, 0.25) is 0 Å². The standard InChI is InChI=1S/C15H21N5O/c1-10-4-7-20-13(18-10)11(8-17-20)14(21)19-6-5-12(16)15(2,3)9-19/h4,7-8,12H,5-6,9,16H2,1-3H3. The minimum absolute atomic E-state index is 0.0110. The molecule has 0 spiro atoms. The van der Waals surface area contributed by atoms with Crippen LogP contribution in [-0.4, -0.2) is 44.5 Å². The number of hydrogen-bond acceptors (Lipinski definition) is 4. The van der Waals surface area contributed by atoms with Gasteiger partial charge in [-0.2, -0.15) is 5.10 Å². The minimum Gasteiger partial charge on any atom is -0.338 e. The molecule has 3 heterocycles. The van der Waals surface area contributed by atoms with Gasteiger partial charge in [0.05, 0.1) is 6.20 Å². The molecule has 0 bridgehead atoms. The molecular formula is C15H21N5O. The maximum atomic E-state index is 12.8. The fourth-order valence-corrected chi connectivity index (χ4v) is 2.83. The number of carbonyl (C=O) groups is 1. The summed E-state index contributed by atoms with van der Waals surface area (Å²) < 4.78 is 1.64. The highest BCUT2D eigenvalue weighted by Gasteiger charge is 2.36. The molecule has 1 aliphatic rings. The SMILES string of the molecule is Cc1ccn2ncc(C(=O)N3CCC(N)C(C)(C)C3)c2n1. The number of hydrogen-bond donors (Lipinski definition) is 1. The lowest BCUT2D eigenvalue weighted by Crippen LogP contribution is -2.54. The molecule has 1 amide bonds. The first kappa shape index (κ1) is 14.0. The molecule has 2 N–H and O–H groups in total. The van der Waals surface area contributed by atoms with Gasteiger partial charge in [-0.15, -0.1) is 0 Å². The third-order valence-corrected chi connectivity index (χ3v) is 4.34. The van der Waals surface area contributed by atoms with Crippen molar-refractivity contribution in [2.45, 2.75) is 33.2 Å². The number of nitrogens with zero attached hydrogens (tertiary/aromatic N) is 4. The molecule has 112 valence electrons. The highest BCUT2D eigenvalue weighted by Crippen LogP contribution is 2.28. The van der Waals surface area contributed by atoms with Crippen molar-refractivity contribution >= 4 is 11.6 Å². The number of aryl methyl sites for hydroxylation is 1. The van der Waals surface area contributed by atoms with Gasteiger partial charge in [-0.25, -0.2) is 9.50 Å². The van der Waals surface area contributed by atoms with Crippen molar-refractivity contribution in [1.82, 2.24) is 19.5 Å². The lowest BCUT2D eigenvalue weighted by molar-refractivity contribution is 0.0534. The van der Waals surface area contributed by atoms with Crippen molar-refractivity contribution < 1.29 is 4.79 Å². The molecule has 6 nitrogen and oxygen atoms in total. The van der Waals surface area contributed by atoms with Crippen molar-refractivity contribution in [3.8, 4) is 0 Å². The third-order valence-electron chi connectivity index (χ3n) is 4.34. The van der Waals surface area contributed by atoms with Crippen LogP contribution in [0.15, 0.2) is 18.5 Å². The van der Waals surface area contributed by atoms with Crippen LogP contribution in [0.1, 0.15) is 36.3 Å². The van der Waals surface area contributed by atoms with Gasteiger partial charge >= 0.3 is 0 Å². The van der Waals surface area contributed by atoms with E-state index in [0.29, 0.717) is 24.3 Å². The Morgan fingerprint density at radius 2 is 2.24 bits per heavy atom. The Morgan fingerprint density at radius 3 is 2.95 bits per heavy atom. The van der Waals surface area contributed by atoms with Crippen LogP contribution in [0.25, 0.3) is 5.65 Å². The second-order valence-electron chi connectivity index (χ2n) is 6.51. The monoisotopic (exact) mass is 287 g/mol. The van der Waals surface area contributed by atoms with E-state index in [1.807, 2.05) is 24.1 Å². The normalized spacial score (nSPS) is 21.7. The quantitative estimate of drug-likeness (QED) is 0.856. The van der Waals surface area contributed by atoms with Gasteiger partial charge < -0.3 is 10.6 Å². The fourth-order valence-electron chi connectivity index (χ4n) is 2.83. The summed E-state index contributed by atoms with van der Waals surface area (Å²) in [5, 5.41) is 4.21. The van der Waals surface area contributed by atoms with Gasteiger partial charge in [0.25, 0.3) is 5.91 Å². The van der Waals surface area contributed by atoms with Gasteiger partial charge in [-0.3, -0.25) is 4.79 Å². The molecule has 0 saturated carbocycles. The Balaban J connectivity index is 1.92. The molecule has 3 rings (SSSR count). The number of likely N-dealkylation sites (tertiary alicyclic amines) is 1. The fraction of sp³-hybridized carbons (Fsp3) is 0.533. The van der Waals surface area contributed by atoms with Crippen LogP contribution < -0.4 is 5.73 Å². The minimum atomic E-state index is -0.0692. The zero-order valence-corrected chi connectivity index (χ0v) is 12.7. The molecule has 6 heteroatoms. The van der Waals surface area contributed by atoms with E-state index in [1.54, 1.807) is 10.7 Å². The van der Waals surface area contributed by atoms with Crippen LogP contribution in [0, 0.1) is 12.3 Å². The first-order valence-corrected chi connectivity index (χ1v) is 7.24. The molecule has 0 radical (unpaired) electrons. The highest BCUT2D eigenvalue weighted by atomic mass is 16.2. The summed E-state index contributed by atoms with van der Waals surface area (Å²) in [5.41, 5.74) is 8.12. The Labute approximate surface area is 123 Å². The number of fused-ring (bicyclic) bond motifs is 1. The van der Waals surface area contributed by atoms with Gasteiger partial charge in [0.15, 0.2) is 5.65 Å². The first-order valence-electron chi connectivity index (χ1n) is 7.24. The molecular weight excluding hydrogens is 266 g/mol. The van der Waals surface area contributed by atoms with Gasteiger partial charge in [0, 0.05) is 31.0 Å². The van der Waals surface area contributed by atoms with E-state index in [0.717, 1.165) is 12.1 Å². The summed E-state index contributed by atoms with van der Waals surface area (Å²) in [6, 6.07) is 2.00. The van der Waals surface area contributed by atoms with Gasteiger partial charge in [0.1, 0.15) is 5.56 Å². The maximum absolute atomic E-state index is 12.8. The van der Waals surface area contributed by atoms with E-state index >= 15 is 0 Å². The zero-order valence-electron chi connectivity index (χ0n) is 12.7. The number of piperidine rings is 1. The molecule has 1 atom stereocenters. The number of aromatic nitrogens is 3. The number of rotatable bonds is 1. The molecule has 1 unspecified atom stereocenters. The van der Waals surface area contributed by atoms with Crippen molar-refractivity contribution in [2.24, 2.45) is 11.1 Å². The van der Waals surface area contributed by atoms with E-state index in [1.165, 1.54) is 0 Å². The maximum Gasteiger partial charge on any atom is 0.259 e. The van der Waals surface area contributed by atoms with Crippen LogP contribution in [0.5, 0.6) is 0 Å². The Bertz CT molecular complexity index is 690. The molecule has 21 heavy (non-hydrogen) atoms. The lowest BCUT2D eigenvalue weighted by Gasteiger charge is -2.42. The zero-order chi connectivity index (χ0) is 15.2. The molecule has 1 aliphatic heterocycles. The third kappa shape index (κ3) is 2.40. The van der Waals surface area contributed by atoms with Crippen LogP contribution in [0.2, 0.25) is 0 Å². The Kier molecular flexibility index (Phi) is 3.20. The smallest absolute Gasteiger partial charge is 0.259 e. The number of amides is 1. The lowest BCUT2D eigenvalue weighted by atomic mass is 9.79. The summed E-state index contributed by atoms with van der Waals surface area (Å²) in [6.45, 7) is 7.47. The number of carbonyl (C=O) groups excluding carboxylic acids is 1. The van der Waals surface area contributed by atoms with E-state index in [4.69, 9.17) is 5.73 Å².